The van der Waals surface area contributed by atoms with Crippen molar-refractivity contribution in [1.29, 1.82) is 0 Å². The Labute approximate surface area is 128 Å². The lowest BCUT2D eigenvalue weighted by molar-refractivity contribution is 0.0694. The van der Waals surface area contributed by atoms with Gasteiger partial charge in [0.15, 0.2) is 0 Å². The molecule has 0 amide bonds. The summed E-state index contributed by atoms with van der Waals surface area (Å²) in [5.74, 6) is 0.356. The number of aromatic nitrogens is 2. The lowest BCUT2D eigenvalue weighted by Gasteiger charge is -2.07. The van der Waals surface area contributed by atoms with Crippen LogP contribution in [0.2, 0.25) is 0 Å². The van der Waals surface area contributed by atoms with Crippen LogP contribution < -0.4 is 0 Å². The molecule has 0 aliphatic carbocycles. The predicted octanol–water partition coefficient (Wildman–Crippen LogP) is 3.73. The van der Waals surface area contributed by atoms with Gasteiger partial charge in [-0.3, -0.25) is 0 Å². The molecule has 0 unspecified atom stereocenters. The molecule has 110 valence electrons. The Balaban J connectivity index is 2.15. The number of nitrogens with zero attached hydrogens (tertiary/aromatic N) is 2. The Morgan fingerprint density at radius 3 is 2.76 bits per heavy atom. The van der Waals surface area contributed by atoms with Crippen LogP contribution in [0.3, 0.4) is 0 Å². The first-order chi connectivity index (χ1) is 10.1. The Hall–Kier alpha value is -1.88. The first kappa shape index (κ1) is 15.5. The van der Waals surface area contributed by atoms with Crippen LogP contribution in [0, 0.1) is 6.92 Å². The highest BCUT2D eigenvalue weighted by Crippen LogP contribution is 2.24. The maximum atomic E-state index is 11.1. The minimum absolute atomic E-state index is 0.210. The molecular weight excluding hydrogens is 284 g/mol. The van der Waals surface area contributed by atoms with Gasteiger partial charge >= 0.3 is 5.97 Å². The zero-order valence-electron chi connectivity index (χ0n) is 12.2. The van der Waals surface area contributed by atoms with E-state index in [2.05, 4.69) is 29.0 Å². The number of aromatic carboxylic acids is 1. The molecule has 0 aliphatic heterocycles. The van der Waals surface area contributed by atoms with Crippen molar-refractivity contribution in [2.24, 2.45) is 0 Å². The molecule has 1 N–H and O–H groups in total. The molecule has 0 fully saturated rings. The normalized spacial score (nSPS) is 10.6. The van der Waals surface area contributed by atoms with E-state index in [-0.39, 0.29) is 5.56 Å². The van der Waals surface area contributed by atoms with Gasteiger partial charge in [0.2, 0.25) is 0 Å². The molecule has 5 heteroatoms. The van der Waals surface area contributed by atoms with E-state index in [1.165, 1.54) is 16.7 Å². The van der Waals surface area contributed by atoms with E-state index in [1.807, 2.05) is 19.1 Å². The fraction of sp³-hybridized carbons (Fsp3) is 0.312. The lowest BCUT2D eigenvalue weighted by atomic mass is 10.1. The summed E-state index contributed by atoms with van der Waals surface area (Å²) < 4.78 is 0. The maximum Gasteiger partial charge on any atom is 0.339 e. The number of carboxylic acid groups (broad SMARTS) is 1. The van der Waals surface area contributed by atoms with Crippen molar-refractivity contribution in [2.45, 2.75) is 37.3 Å². The highest BCUT2D eigenvalue weighted by Gasteiger charge is 2.13. The number of hydrogen-bond donors (Lipinski definition) is 1. The fourth-order valence-corrected chi connectivity index (χ4v) is 2.89. The number of rotatable bonds is 6. The standard InChI is InChI=1S/C16H18N2O2S/c1-3-6-13-12(16(19)20)9-17-15(18-13)10-21-14-8-5-4-7-11(14)2/h4-5,7-9H,3,6,10H2,1-2H3,(H,19,20). The van der Waals surface area contributed by atoms with Crippen LogP contribution in [-0.2, 0) is 12.2 Å². The lowest BCUT2D eigenvalue weighted by Crippen LogP contribution is -2.08. The highest BCUT2D eigenvalue weighted by molar-refractivity contribution is 7.98. The van der Waals surface area contributed by atoms with E-state index in [1.54, 1.807) is 11.8 Å². The molecule has 2 aromatic rings. The van der Waals surface area contributed by atoms with Gasteiger partial charge in [-0.15, -0.1) is 11.8 Å². The van der Waals surface area contributed by atoms with Crippen molar-refractivity contribution in [3.63, 3.8) is 0 Å². The van der Waals surface area contributed by atoms with Gasteiger partial charge in [0, 0.05) is 11.1 Å². The van der Waals surface area contributed by atoms with Crippen molar-refractivity contribution < 1.29 is 9.90 Å². The second-order valence-electron chi connectivity index (χ2n) is 4.76. The fourth-order valence-electron chi connectivity index (χ4n) is 1.99. The van der Waals surface area contributed by atoms with Crippen LogP contribution in [0.25, 0.3) is 0 Å². The van der Waals surface area contributed by atoms with Crippen LogP contribution in [0.1, 0.15) is 40.8 Å². The summed E-state index contributed by atoms with van der Waals surface area (Å²) in [6, 6.07) is 8.15. The molecule has 0 radical (unpaired) electrons. The van der Waals surface area contributed by atoms with Gasteiger partial charge in [0.1, 0.15) is 5.82 Å². The third-order valence-electron chi connectivity index (χ3n) is 3.09. The highest BCUT2D eigenvalue weighted by atomic mass is 32.2. The molecule has 0 aliphatic rings. The first-order valence-corrected chi connectivity index (χ1v) is 7.87. The summed E-state index contributed by atoms with van der Waals surface area (Å²) in [5.41, 5.74) is 2.06. The molecule has 0 saturated heterocycles. The summed E-state index contributed by atoms with van der Waals surface area (Å²) in [5, 5.41) is 9.14. The summed E-state index contributed by atoms with van der Waals surface area (Å²) in [7, 11) is 0. The van der Waals surface area contributed by atoms with Gasteiger partial charge in [-0.05, 0) is 25.0 Å². The molecule has 2 rings (SSSR count). The summed E-state index contributed by atoms with van der Waals surface area (Å²) in [4.78, 5) is 20.9. The largest absolute Gasteiger partial charge is 0.478 e. The molecule has 1 heterocycles. The number of aryl methyl sites for hydroxylation is 2. The smallest absolute Gasteiger partial charge is 0.339 e. The third-order valence-corrected chi connectivity index (χ3v) is 4.26. The summed E-state index contributed by atoms with van der Waals surface area (Å²) in [6.07, 6.45) is 2.95. The van der Waals surface area contributed by atoms with Crippen LogP contribution in [0.5, 0.6) is 0 Å². The van der Waals surface area contributed by atoms with Crippen molar-refractivity contribution >= 4 is 17.7 Å². The number of carbonyl (C=O) groups is 1. The zero-order chi connectivity index (χ0) is 15.2. The molecule has 4 nitrogen and oxygen atoms in total. The Morgan fingerprint density at radius 2 is 2.10 bits per heavy atom. The molecule has 1 aromatic heterocycles. The molecule has 21 heavy (non-hydrogen) atoms. The molecule has 0 saturated carbocycles. The van der Waals surface area contributed by atoms with Gasteiger partial charge < -0.3 is 5.11 Å². The average molecular weight is 302 g/mol. The summed E-state index contributed by atoms with van der Waals surface area (Å²) in [6.45, 7) is 4.08. The van der Waals surface area contributed by atoms with Gasteiger partial charge in [-0.2, -0.15) is 0 Å². The van der Waals surface area contributed by atoms with E-state index in [0.29, 0.717) is 23.7 Å². The van der Waals surface area contributed by atoms with Crippen LogP contribution in [-0.4, -0.2) is 21.0 Å². The summed E-state index contributed by atoms with van der Waals surface area (Å²) >= 11 is 1.67. The first-order valence-electron chi connectivity index (χ1n) is 6.88. The second kappa shape index (κ2) is 7.22. The van der Waals surface area contributed by atoms with E-state index in [9.17, 15) is 4.79 Å². The van der Waals surface area contributed by atoms with Crippen LogP contribution in [0.4, 0.5) is 0 Å². The van der Waals surface area contributed by atoms with Gasteiger partial charge in [-0.25, -0.2) is 14.8 Å². The Morgan fingerprint density at radius 1 is 1.33 bits per heavy atom. The average Bonchev–Trinajstić information content (AvgIpc) is 2.46. The van der Waals surface area contributed by atoms with Gasteiger partial charge in [0.05, 0.1) is 17.0 Å². The Kier molecular flexibility index (Phi) is 5.33. The predicted molar refractivity (Wildman–Crippen MR) is 83.7 cm³/mol. The zero-order valence-corrected chi connectivity index (χ0v) is 13.0. The number of thioether (sulfide) groups is 1. The van der Waals surface area contributed by atoms with Crippen molar-refractivity contribution in [2.75, 3.05) is 0 Å². The molecular formula is C16H18N2O2S. The monoisotopic (exact) mass is 302 g/mol. The SMILES string of the molecule is CCCc1nc(CSc2ccccc2C)ncc1C(=O)O. The minimum atomic E-state index is -0.962. The molecule has 0 spiro atoms. The quantitative estimate of drug-likeness (QED) is 0.824. The molecule has 0 bridgehead atoms. The van der Waals surface area contributed by atoms with Crippen LogP contribution >= 0.6 is 11.8 Å². The maximum absolute atomic E-state index is 11.1. The van der Waals surface area contributed by atoms with Crippen LogP contribution in [0.15, 0.2) is 35.4 Å². The van der Waals surface area contributed by atoms with Gasteiger partial charge in [0.25, 0.3) is 0 Å². The van der Waals surface area contributed by atoms with Crippen molar-refractivity contribution in [3.8, 4) is 0 Å². The number of carboxylic acids is 1. The van der Waals surface area contributed by atoms with E-state index in [0.717, 1.165) is 6.42 Å². The molecule has 1 aromatic carbocycles. The Bertz CT molecular complexity index is 644. The van der Waals surface area contributed by atoms with Gasteiger partial charge in [-0.1, -0.05) is 31.5 Å². The third kappa shape index (κ3) is 4.04. The van der Waals surface area contributed by atoms with Crippen molar-refractivity contribution in [1.82, 2.24) is 9.97 Å². The van der Waals surface area contributed by atoms with E-state index >= 15 is 0 Å². The second-order valence-corrected chi connectivity index (χ2v) is 5.77. The number of benzene rings is 1. The number of hydrogen-bond acceptors (Lipinski definition) is 4. The van der Waals surface area contributed by atoms with E-state index in [4.69, 9.17) is 5.11 Å². The van der Waals surface area contributed by atoms with Crippen molar-refractivity contribution in [3.05, 3.63) is 53.1 Å². The molecule has 0 atom stereocenters. The van der Waals surface area contributed by atoms with E-state index < -0.39 is 5.97 Å². The topological polar surface area (TPSA) is 63.1 Å². The minimum Gasteiger partial charge on any atom is -0.478 e.